The average molecular weight is 246 g/mol. The van der Waals surface area contributed by atoms with Crippen molar-refractivity contribution in [2.75, 3.05) is 26.4 Å². The standard InChI is InChI=1S/C11H18O6/c1-3-9(12)17-10(2)15-7-11(8-16-10)13-5-4-6-14-11/h3-8H2,1-2H3. The fourth-order valence-corrected chi connectivity index (χ4v) is 1.69. The van der Waals surface area contributed by atoms with E-state index in [1.54, 1.807) is 13.8 Å². The molecule has 6 heteroatoms. The van der Waals surface area contributed by atoms with Gasteiger partial charge in [0.25, 0.3) is 0 Å². The molecule has 0 bridgehead atoms. The Balaban J connectivity index is 1.90. The summed E-state index contributed by atoms with van der Waals surface area (Å²) in [6, 6.07) is 0. The molecule has 0 aromatic heterocycles. The number of carbonyl (C=O) groups is 1. The van der Waals surface area contributed by atoms with Crippen LogP contribution in [-0.4, -0.2) is 44.2 Å². The molecule has 98 valence electrons. The summed E-state index contributed by atoms with van der Waals surface area (Å²) < 4.78 is 26.9. The fraction of sp³-hybridized carbons (Fsp3) is 0.909. The van der Waals surface area contributed by atoms with Crippen LogP contribution >= 0.6 is 0 Å². The molecule has 0 N–H and O–H groups in total. The third kappa shape index (κ3) is 2.95. The molecule has 2 aliphatic heterocycles. The van der Waals surface area contributed by atoms with Gasteiger partial charge in [-0.05, 0) is 6.42 Å². The van der Waals surface area contributed by atoms with Crippen LogP contribution in [0.15, 0.2) is 0 Å². The SMILES string of the molecule is CCC(=O)OC1(C)OCC2(CO1)OCCCO2. The van der Waals surface area contributed by atoms with Gasteiger partial charge in [0.2, 0.25) is 5.79 Å². The molecule has 0 saturated carbocycles. The van der Waals surface area contributed by atoms with Crippen molar-refractivity contribution in [2.45, 2.75) is 38.4 Å². The van der Waals surface area contributed by atoms with Crippen LogP contribution in [0, 0.1) is 0 Å². The monoisotopic (exact) mass is 246 g/mol. The van der Waals surface area contributed by atoms with E-state index in [-0.39, 0.29) is 25.6 Å². The molecule has 0 amide bonds. The van der Waals surface area contributed by atoms with E-state index < -0.39 is 11.8 Å². The molecule has 2 saturated heterocycles. The van der Waals surface area contributed by atoms with E-state index in [1.165, 1.54) is 0 Å². The summed E-state index contributed by atoms with van der Waals surface area (Å²) in [5.41, 5.74) is 0. The van der Waals surface area contributed by atoms with Gasteiger partial charge in [-0.2, -0.15) is 0 Å². The molecule has 6 nitrogen and oxygen atoms in total. The first-order chi connectivity index (χ1) is 8.08. The Labute approximate surface area is 100 Å². The number of ether oxygens (including phenoxy) is 5. The summed E-state index contributed by atoms with van der Waals surface area (Å²) in [6.07, 6.45) is 1.14. The zero-order valence-corrected chi connectivity index (χ0v) is 10.2. The maximum Gasteiger partial charge on any atom is 0.326 e. The molecule has 1 spiro atoms. The minimum Gasteiger partial charge on any atom is -0.408 e. The first-order valence-corrected chi connectivity index (χ1v) is 5.85. The molecule has 0 aliphatic carbocycles. The van der Waals surface area contributed by atoms with E-state index >= 15 is 0 Å². The Morgan fingerprint density at radius 2 is 1.76 bits per heavy atom. The Kier molecular flexibility index (Phi) is 3.67. The molecular formula is C11H18O6. The van der Waals surface area contributed by atoms with Crippen molar-refractivity contribution in [3.63, 3.8) is 0 Å². The number of esters is 1. The van der Waals surface area contributed by atoms with Gasteiger partial charge >= 0.3 is 11.9 Å². The van der Waals surface area contributed by atoms with Crippen molar-refractivity contribution in [1.82, 2.24) is 0 Å². The molecule has 17 heavy (non-hydrogen) atoms. The fourth-order valence-electron chi connectivity index (χ4n) is 1.69. The molecule has 0 unspecified atom stereocenters. The maximum atomic E-state index is 11.2. The smallest absolute Gasteiger partial charge is 0.326 e. The van der Waals surface area contributed by atoms with Crippen LogP contribution in [0.25, 0.3) is 0 Å². The Morgan fingerprint density at radius 3 is 2.29 bits per heavy atom. The van der Waals surface area contributed by atoms with Crippen molar-refractivity contribution >= 4 is 5.97 Å². The van der Waals surface area contributed by atoms with Crippen LogP contribution in [0.4, 0.5) is 0 Å². The number of hydrogen-bond donors (Lipinski definition) is 0. The molecule has 2 rings (SSSR count). The van der Waals surface area contributed by atoms with E-state index in [0.717, 1.165) is 6.42 Å². The van der Waals surface area contributed by atoms with Gasteiger partial charge in [-0.25, -0.2) is 0 Å². The minimum absolute atomic E-state index is 0.195. The summed E-state index contributed by atoms with van der Waals surface area (Å²) in [5, 5.41) is 0. The molecule has 0 atom stereocenters. The van der Waals surface area contributed by atoms with Gasteiger partial charge in [0, 0.05) is 13.3 Å². The lowest BCUT2D eigenvalue weighted by atomic mass is 10.2. The minimum atomic E-state index is -1.33. The quantitative estimate of drug-likeness (QED) is 0.671. The predicted molar refractivity (Wildman–Crippen MR) is 55.9 cm³/mol. The van der Waals surface area contributed by atoms with Crippen LogP contribution < -0.4 is 0 Å². The van der Waals surface area contributed by atoms with Crippen molar-refractivity contribution in [2.24, 2.45) is 0 Å². The lowest BCUT2D eigenvalue weighted by Gasteiger charge is -2.44. The van der Waals surface area contributed by atoms with E-state index in [4.69, 9.17) is 23.7 Å². The van der Waals surface area contributed by atoms with Crippen LogP contribution in [0.3, 0.4) is 0 Å². The van der Waals surface area contributed by atoms with Crippen LogP contribution in [-0.2, 0) is 28.5 Å². The highest BCUT2D eigenvalue weighted by Gasteiger charge is 2.47. The molecular weight excluding hydrogens is 228 g/mol. The average Bonchev–Trinajstić information content (AvgIpc) is 2.35. The molecule has 2 fully saturated rings. The maximum absolute atomic E-state index is 11.2. The van der Waals surface area contributed by atoms with Crippen molar-refractivity contribution in [1.29, 1.82) is 0 Å². The zero-order valence-electron chi connectivity index (χ0n) is 10.2. The molecule has 0 aromatic rings. The summed E-state index contributed by atoms with van der Waals surface area (Å²) in [4.78, 5) is 11.2. The van der Waals surface area contributed by atoms with E-state index in [9.17, 15) is 4.79 Å². The third-order valence-electron chi connectivity index (χ3n) is 2.72. The van der Waals surface area contributed by atoms with Crippen LogP contribution in [0.1, 0.15) is 26.7 Å². The highest BCUT2D eigenvalue weighted by Crippen LogP contribution is 2.30. The molecule has 2 aliphatic rings. The zero-order chi connectivity index (χ0) is 12.4. The van der Waals surface area contributed by atoms with Gasteiger partial charge < -0.3 is 23.7 Å². The molecule has 0 radical (unpaired) electrons. The lowest BCUT2D eigenvalue weighted by molar-refractivity contribution is -0.445. The summed E-state index contributed by atoms with van der Waals surface area (Å²) in [5.74, 6) is -2.53. The second-order valence-corrected chi connectivity index (χ2v) is 4.23. The topological polar surface area (TPSA) is 63.2 Å². The van der Waals surface area contributed by atoms with Crippen LogP contribution in [0.5, 0.6) is 0 Å². The van der Waals surface area contributed by atoms with Gasteiger partial charge in [-0.1, -0.05) is 6.92 Å². The number of hydrogen-bond acceptors (Lipinski definition) is 6. The second kappa shape index (κ2) is 4.89. The highest BCUT2D eigenvalue weighted by molar-refractivity contribution is 5.69. The van der Waals surface area contributed by atoms with Gasteiger partial charge in [0.15, 0.2) is 0 Å². The number of carbonyl (C=O) groups excluding carboxylic acids is 1. The molecule has 2 heterocycles. The summed E-state index contributed by atoms with van der Waals surface area (Å²) >= 11 is 0. The first-order valence-electron chi connectivity index (χ1n) is 5.85. The van der Waals surface area contributed by atoms with Crippen molar-refractivity contribution in [3.8, 4) is 0 Å². The van der Waals surface area contributed by atoms with Crippen molar-refractivity contribution < 1.29 is 28.5 Å². The highest BCUT2D eigenvalue weighted by atomic mass is 16.9. The Hall–Kier alpha value is -0.690. The second-order valence-electron chi connectivity index (χ2n) is 4.23. The van der Waals surface area contributed by atoms with Gasteiger partial charge in [-0.3, -0.25) is 4.79 Å². The van der Waals surface area contributed by atoms with Gasteiger partial charge in [0.05, 0.1) is 13.2 Å². The van der Waals surface area contributed by atoms with E-state index in [0.29, 0.717) is 13.2 Å². The summed E-state index contributed by atoms with van der Waals surface area (Å²) in [6.45, 7) is 4.91. The van der Waals surface area contributed by atoms with Crippen LogP contribution in [0.2, 0.25) is 0 Å². The van der Waals surface area contributed by atoms with E-state index in [2.05, 4.69) is 0 Å². The predicted octanol–water partition coefficient (Wildman–Crippen LogP) is 0.793. The van der Waals surface area contributed by atoms with Crippen molar-refractivity contribution in [3.05, 3.63) is 0 Å². The van der Waals surface area contributed by atoms with Gasteiger partial charge in [0.1, 0.15) is 13.2 Å². The van der Waals surface area contributed by atoms with Gasteiger partial charge in [-0.15, -0.1) is 0 Å². The molecule has 0 aromatic carbocycles. The normalized spacial score (nSPS) is 26.7. The first kappa shape index (κ1) is 12.8. The summed E-state index contributed by atoms with van der Waals surface area (Å²) in [7, 11) is 0. The Bertz CT molecular complexity index is 274. The largest absolute Gasteiger partial charge is 0.408 e. The Morgan fingerprint density at radius 1 is 1.18 bits per heavy atom. The lowest BCUT2D eigenvalue weighted by Crippen LogP contribution is -2.58. The number of rotatable bonds is 2. The van der Waals surface area contributed by atoms with E-state index in [1.807, 2.05) is 0 Å². The third-order valence-corrected chi connectivity index (χ3v) is 2.72.